The number of hydrogen-bond donors (Lipinski definition) is 3. The van der Waals surface area contributed by atoms with Crippen LogP contribution in [0.4, 0.5) is 0 Å². The molecule has 3 rings (SSSR count). The Labute approximate surface area is 114 Å². The molecule has 4 nitrogen and oxygen atoms in total. The van der Waals surface area contributed by atoms with E-state index in [0.717, 1.165) is 6.42 Å². The standard InChI is InChI=1S/C15H24O4/c1-12(4-6-13(2,18)7-5-12)14(3)8-10(16)11(17)15(14)9-19-15/h4,6,10-11,16-18H,5,7-9H2,1-3H3/t10-,11-,12-,13-,14-,15+/m1/s1. The third-order valence-corrected chi connectivity index (χ3v) is 6.07. The van der Waals surface area contributed by atoms with Crippen molar-refractivity contribution in [2.75, 3.05) is 6.61 Å². The fraction of sp³-hybridized carbons (Fsp3) is 0.867. The summed E-state index contributed by atoms with van der Waals surface area (Å²) in [7, 11) is 0. The van der Waals surface area contributed by atoms with Gasteiger partial charge in [0.1, 0.15) is 11.7 Å². The molecule has 4 heteroatoms. The molecule has 1 saturated carbocycles. The van der Waals surface area contributed by atoms with Crippen LogP contribution in [0.2, 0.25) is 0 Å². The summed E-state index contributed by atoms with van der Waals surface area (Å²) in [5, 5.41) is 30.3. The Bertz CT molecular complexity index is 426. The van der Waals surface area contributed by atoms with Crippen molar-refractivity contribution in [2.24, 2.45) is 10.8 Å². The van der Waals surface area contributed by atoms with Crippen LogP contribution in [-0.4, -0.2) is 45.3 Å². The molecule has 108 valence electrons. The number of hydrogen-bond acceptors (Lipinski definition) is 4. The van der Waals surface area contributed by atoms with Crippen LogP contribution >= 0.6 is 0 Å². The second-order valence-electron chi connectivity index (χ2n) is 7.33. The molecule has 0 aromatic heterocycles. The van der Waals surface area contributed by atoms with Crippen molar-refractivity contribution in [3.63, 3.8) is 0 Å². The van der Waals surface area contributed by atoms with Crippen LogP contribution in [-0.2, 0) is 4.74 Å². The van der Waals surface area contributed by atoms with Gasteiger partial charge in [-0.25, -0.2) is 0 Å². The third kappa shape index (κ3) is 1.60. The molecule has 0 aromatic rings. The van der Waals surface area contributed by atoms with Crippen molar-refractivity contribution in [1.29, 1.82) is 0 Å². The summed E-state index contributed by atoms with van der Waals surface area (Å²) < 4.78 is 5.62. The average molecular weight is 268 g/mol. The van der Waals surface area contributed by atoms with Gasteiger partial charge in [-0.3, -0.25) is 0 Å². The van der Waals surface area contributed by atoms with Crippen molar-refractivity contribution in [3.05, 3.63) is 12.2 Å². The highest BCUT2D eigenvalue weighted by Crippen LogP contribution is 2.66. The Balaban J connectivity index is 1.98. The first-order chi connectivity index (χ1) is 8.66. The number of aliphatic hydroxyl groups is 3. The Hall–Kier alpha value is -0.420. The fourth-order valence-electron chi connectivity index (χ4n) is 4.13. The summed E-state index contributed by atoms with van der Waals surface area (Å²) in [5.74, 6) is 0. The summed E-state index contributed by atoms with van der Waals surface area (Å²) in [5.41, 5.74) is -1.83. The Morgan fingerprint density at radius 1 is 1.11 bits per heavy atom. The molecule has 1 spiro atoms. The van der Waals surface area contributed by atoms with Crippen molar-refractivity contribution in [1.82, 2.24) is 0 Å². The second kappa shape index (κ2) is 3.61. The van der Waals surface area contributed by atoms with Crippen LogP contribution in [0, 0.1) is 10.8 Å². The van der Waals surface area contributed by atoms with Gasteiger partial charge in [-0.1, -0.05) is 26.0 Å². The topological polar surface area (TPSA) is 73.2 Å². The molecule has 0 bridgehead atoms. The van der Waals surface area contributed by atoms with Crippen LogP contribution in [0.1, 0.15) is 40.0 Å². The van der Waals surface area contributed by atoms with Gasteiger partial charge >= 0.3 is 0 Å². The van der Waals surface area contributed by atoms with E-state index < -0.39 is 23.4 Å². The first-order valence-electron chi connectivity index (χ1n) is 7.09. The Morgan fingerprint density at radius 3 is 2.21 bits per heavy atom. The summed E-state index contributed by atoms with van der Waals surface area (Å²) >= 11 is 0. The van der Waals surface area contributed by atoms with Crippen molar-refractivity contribution in [3.8, 4) is 0 Å². The van der Waals surface area contributed by atoms with Gasteiger partial charge in [-0.15, -0.1) is 0 Å². The van der Waals surface area contributed by atoms with Gasteiger partial charge in [0.25, 0.3) is 0 Å². The number of rotatable bonds is 1. The smallest absolute Gasteiger partial charge is 0.126 e. The minimum atomic E-state index is -0.801. The highest BCUT2D eigenvalue weighted by Gasteiger charge is 2.74. The van der Waals surface area contributed by atoms with E-state index in [1.54, 1.807) is 0 Å². The SMILES string of the molecule is C[C@]1([C@]2(C)C=C[C@@](C)(O)CC2)C[C@@H](O)[C@@H](O)[C@@]12CO2. The van der Waals surface area contributed by atoms with Crippen LogP contribution in [0.15, 0.2) is 12.2 Å². The maximum Gasteiger partial charge on any atom is 0.126 e. The summed E-state index contributed by atoms with van der Waals surface area (Å²) in [6.07, 6.45) is 4.46. The first kappa shape index (κ1) is 13.6. The van der Waals surface area contributed by atoms with E-state index in [4.69, 9.17) is 4.74 Å². The predicted octanol–water partition coefficient (Wildman–Crippen LogP) is 0.994. The Morgan fingerprint density at radius 2 is 1.74 bits per heavy atom. The molecule has 3 N–H and O–H groups in total. The molecule has 2 fully saturated rings. The molecule has 0 unspecified atom stereocenters. The quantitative estimate of drug-likeness (QED) is 0.490. The average Bonchev–Trinajstić information content (AvgIpc) is 3.10. The van der Waals surface area contributed by atoms with Gasteiger partial charge in [-0.2, -0.15) is 0 Å². The van der Waals surface area contributed by atoms with E-state index in [-0.39, 0.29) is 10.8 Å². The number of allylic oxidation sites excluding steroid dienone is 1. The molecule has 0 radical (unpaired) electrons. The molecule has 3 aliphatic rings. The summed E-state index contributed by atoms with van der Waals surface area (Å²) in [6, 6.07) is 0. The lowest BCUT2D eigenvalue weighted by Gasteiger charge is -2.48. The van der Waals surface area contributed by atoms with E-state index in [9.17, 15) is 15.3 Å². The van der Waals surface area contributed by atoms with E-state index >= 15 is 0 Å². The van der Waals surface area contributed by atoms with Crippen LogP contribution < -0.4 is 0 Å². The first-order valence-corrected chi connectivity index (χ1v) is 7.09. The monoisotopic (exact) mass is 268 g/mol. The lowest BCUT2D eigenvalue weighted by atomic mass is 9.55. The highest BCUT2D eigenvalue weighted by atomic mass is 16.6. The fourth-order valence-corrected chi connectivity index (χ4v) is 4.13. The maximum atomic E-state index is 10.2. The zero-order valence-electron chi connectivity index (χ0n) is 11.9. The predicted molar refractivity (Wildman–Crippen MR) is 70.5 cm³/mol. The molecular formula is C15H24O4. The summed E-state index contributed by atoms with van der Waals surface area (Å²) in [6.45, 7) is 6.57. The van der Waals surface area contributed by atoms with Crippen LogP contribution in [0.3, 0.4) is 0 Å². The molecule has 19 heavy (non-hydrogen) atoms. The van der Waals surface area contributed by atoms with E-state index in [0.29, 0.717) is 19.4 Å². The molecule has 1 saturated heterocycles. The normalized spacial score (nSPS) is 60.7. The summed E-state index contributed by atoms with van der Waals surface area (Å²) in [4.78, 5) is 0. The maximum absolute atomic E-state index is 10.2. The van der Waals surface area contributed by atoms with E-state index in [1.165, 1.54) is 0 Å². The van der Waals surface area contributed by atoms with Crippen molar-refractivity contribution < 1.29 is 20.1 Å². The van der Waals surface area contributed by atoms with Crippen molar-refractivity contribution in [2.45, 2.75) is 63.4 Å². The molecule has 0 amide bonds. The second-order valence-corrected chi connectivity index (χ2v) is 7.33. The van der Waals surface area contributed by atoms with Gasteiger partial charge in [0, 0.05) is 5.41 Å². The minimum Gasteiger partial charge on any atom is -0.390 e. The molecule has 0 aromatic carbocycles. The zero-order chi connectivity index (χ0) is 14.1. The third-order valence-electron chi connectivity index (χ3n) is 6.07. The van der Waals surface area contributed by atoms with Crippen molar-refractivity contribution >= 4 is 0 Å². The Kier molecular flexibility index (Phi) is 2.58. The largest absolute Gasteiger partial charge is 0.390 e. The highest BCUT2D eigenvalue weighted by molar-refractivity contribution is 5.27. The van der Waals surface area contributed by atoms with Gasteiger partial charge in [0.05, 0.1) is 18.3 Å². The van der Waals surface area contributed by atoms with E-state index in [2.05, 4.69) is 19.9 Å². The lowest BCUT2D eigenvalue weighted by molar-refractivity contribution is -0.0359. The van der Waals surface area contributed by atoms with Gasteiger partial charge in [-0.05, 0) is 31.6 Å². The van der Waals surface area contributed by atoms with Crippen LogP contribution in [0.5, 0.6) is 0 Å². The lowest BCUT2D eigenvalue weighted by Crippen LogP contribution is -2.50. The molecular weight excluding hydrogens is 244 g/mol. The zero-order valence-corrected chi connectivity index (χ0v) is 11.9. The minimum absolute atomic E-state index is 0.176. The molecule has 2 aliphatic carbocycles. The molecule has 6 atom stereocenters. The molecule has 1 heterocycles. The van der Waals surface area contributed by atoms with Gasteiger partial charge < -0.3 is 20.1 Å². The number of aliphatic hydroxyl groups excluding tert-OH is 2. The van der Waals surface area contributed by atoms with Gasteiger partial charge in [0.15, 0.2) is 0 Å². The molecule has 1 aliphatic heterocycles. The van der Waals surface area contributed by atoms with E-state index in [1.807, 2.05) is 13.0 Å². The van der Waals surface area contributed by atoms with Crippen LogP contribution in [0.25, 0.3) is 0 Å². The number of ether oxygens (including phenoxy) is 1. The number of epoxide rings is 1. The van der Waals surface area contributed by atoms with Gasteiger partial charge in [0.2, 0.25) is 0 Å².